The van der Waals surface area contributed by atoms with Gasteiger partial charge >= 0.3 is 0 Å². The van der Waals surface area contributed by atoms with Crippen LogP contribution in [0.15, 0.2) is 205 Å². The van der Waals surface area contributed by atoms with E-state index in [1.807, 2.05) is 41.7 Å². The van der Waals surface area contributed by atoms with Gasteiger partial charge in [0, 0.05) is 53.2 Å². The number of rotatable bonds is 6. The largest absolute Gasteiger partial charge is 0.456 e. The van der Waals surface area contributed by atoms with Crippen LogP contribution in [-0.2, 0) is 0 Å². The van der Waals surface area contributed by atoms with Crippen LogP contribution in [0, 0.1) is 0 Å². The van der Waals surface area contributed by atoms with Crippen molar-refractivity contribution in [2.24, 2.45) is 0 Å². The van der Waals surface area contributed by atoms with E-state index in [1.165, 1.54) is 47.8 Å². The quantitative estimate of drug-likeness (QED) is 0.169. The van der Waals surface area contributed by atoms with Crippen molar-refractivity contribution in [3.05, 3.63) is 200 Å². The van der Waals surface area contributed by atoms with Crippen LogP contribution in [0.5, 0.6) is 0 Å². The average molecular weight is 784 g/mol. The summed E-state index contributed by atoms with van der Waals surface area (Å²) in [7, 11) is 0. The Labute approximate surface area is 349 Å². The second kappa shape index (κ2) is 14.0. The zero-order valence-electron chi connectivity index (χ0n) is 32.2. The van der Waals surface area contributed by atoms with Crippen molar-refractivity contribution in [1.82, 2.24) is 15.0 Å². The third-order valence-corrected chi connectivity index (χ3v) is 12.8. The second-order valence-corrected chi connectivity index (χ2v) is 16.2. The Bertz CT molecular complexity index is 3590. The van der Waals surface area contributed by atoms with Crippen molar-refractivity contribution in [3.63, 3.8) is 0 Å². The molecule has 0 N–H and O–H groups in total. The molecular weight excluding hydrogens is 751 g/mol. The average Bonchev–Trinajstić information content (AvgIpc) is 3.90. The third kappa shape index (κ3) is 5.78. The molecule has 9 aromatic carbocycles. The second-order valence-electron chi connectivity index (χ2n) is 15.1. The standard InChI is InChI=1S/C55H33N3OS/c1-3-12-34(13-4-1)35-24-26-37(27-25-35)53-56-54(58-55(57-53)40-29-31-45-44-17-7-8-23-49(44)59-50(45)33-40)39-28-30-41-38(32-39)16-9-19-43(41)46-20-11-22-48-47-21-10-18-42(51(47)60-52(46)48)36-14-5-2-6-15-36/h1-33H. The van der Waals surface area contributed by atoms with Gasteiger partial charge in [-0.15, -0.1) is 11.3 Å². The van der Waals surface area contributed by atoms with Crippen LogP contribution in [-0.4, -0.2) is 15.0 Å². The highest BCUT2D eigenvalue weighted by molar-refractivity contribution is 7.26. The molecule has 0 atom stereocenters. The molecule has 0 radical (unpaired) electrons. The van der Waals surface area contributed by atoms with E-state index in [0.29, 0.717) is 17.5 Å². The van der Waals surface area contributed by atoms with Gasteiger partial charge in [-0.25, -0.2) is 15.0 Å². The molecule has 0 spiro atoms. The summed E-state index contributed by atoms with van der Waals surface area (Å²) in [6.07, 6.45) is 0. The fraction of sp³-hybridized carbons (Fsp3) is 0. The Morgan fingerprint density at radius 1 is 0.300 bits per heavy atom. The van der Waals surface area contributed by atoms with Gasteiger partial charge in [0.25, 0.3) is 0 Å². The minimum absolute atomic E-state index is 0.588. The number of nitrogens with zero attached hydrogens (tertiary/aromatic N) is 3. The van der Waals surface area contributed by atoms with Crippen LogP contribution >= 0.6 is 11.3 Å². The first-order valence-corrected chi connectivity index (χ1v) is 20.9. The van der Waals surface area contributed by atoms with Gasteiger partial charge in [0.1, 0.15) is 11.2 Å². The number of hydrogen-bond donors (Lipinski definition) is 0. The highest BCUT2D eigenvalue weighted by atomic mass is 32.1. The predicted octanol–water partition coefficient (Wildman–Crippen LogP) is 15.3. The molecule has 60 heavy (non-hydrogen) atoms. The van der Waals surface area contributed by atoms with Crippen molar-refractivity contribution < 1.29 is 4.42 Å². The zero-order valence-corrected chi connectivity index (χ0v) is 33.0. The van der Waals surface area contributed by atoms with Crippen LogP contribution in [0.25, 0.3) is 120 Å². The molecule has 0 saturated heterocycles. The van der Waals surface area contributed by atoms with Gasteiger partial charge in [0.2, 0.25) is 0 Å². The van der Waals surface area contributed by atoms with E-state index in [-0.39, 0.29) is 0 Å². The molecule has 12 rings (SSSR count). The summed E-state index contributed by atoms with van der Waals surface area (Å²) in [4.78, 5) is 15.4. The van der Waals surface area contributed by atoms with Crippen LogP contribution in [0.1, 0.15) is 0 Å². The normalized spacial score (nSPS) is 11.7. The monoisotopic (exact) mass is 783 g/mol. The number of furan rings is 1. The molecule has 3 aromatic heterocycles. The van der Waals surface area contributed by atoms with Crippen molar-refractivity contribution in [3.8, 4) is 67.5 Å². The van der Waals surface area contributed by atoms with Crippen LogP contribution in [0.3, 0.4) is 0 Å². The molecule has 0 unspecified atom stereocenters. The van der Waals surface area contributed by atoms with Crippen LogP contribution < -0.4 is 0 Å². The zero-order chi connectivity index (χ0) is 39.6. The molecule has 4 nitrogen and oxygen atoms in total. The predicted molar refractivity (Wildman–Crippen MR) is 250 cm³/mol. The Kier molecular flexibility index (Phi) is 8.00. The number of hydrogen-bond acceptors (Lipinski definition) is 5. The van der Waals surface area contributed by atoms with E-state index in [2.05, 4.69) is 170 Å². The number of aromatic nitrogens is 3. The van der Waals surface area contributed by atoms with Gasteiger partial charge in [0.15, 0.2) is 17.5 Å². The Morgan fingerprint density at radius 2 is 0.800 bits per heavy atom. The maximum atomic E-state index is 6.29. The van der Waals surface area contributed by atoms with E-state index >= 15 is 0 Å². The number of thiophene rings is 1. The van der Waals surface area contributed by atoms with Gasteiger partial charge in [-0.3, -0.25) is 0 Å². The molecule has 0 aliphatic carbocycles. The minimum Gasteiger partial charge on any atom is -0.456 e. The summed E-state index contributed by atoms with van der Waals surface area (Å²) in [5.41, 5.74) is 11.6. The van der Waals surface area contributed by atoms with Gasteiger partial charge in [-0.2, -0.15) is 0 Å². The van der Waals surface area contributed by atoms with Crippen molar-refractivity contribution in [2.75, 3.05) is 0 Å². The molecule has 5 heteroatoms. The Morgan fingerprint density at radius 3 is 1.55 bits per heavy atom. The first-order valence-electron chi connectivity index (χ1n) is 20.1. The first kappa shape index (κ1) is 34.3. The van der Waals surface area contributed by atoms with E-state index < -0.39 is 0 Å². The van der Waals surface area contributed by atoms with Gasteiger partial charge < -0.3 is 4.42 Å². The lowest BCUT2D eigenvalue weighted by molar-refractivity contribution is 0.669. The fourth-order valence-electron chi connectivity index (χ4n) is 8.61. The lowest BCUT2D eigenvalue weighted by Crippen LogP contribution is -2.00. The number of benzene rings is 9. The van der Waals surface area contributed by atoms with E-state index in [9.17, 15) is 0 Å². The van der Waals surface area contributed by atoms with Gasteiger partial charge in [-0.1, -0.05) is 176 Å². The smallest absolute Gasteiger partial charge is 0.164 e. The molecule has 0 saturated carbocycles. The molecule has 0 aliphatic heterocycles. The molecule has 0 bridgehead atoms. The van der Waals surface area contributed by atoms with Crippen LogP contribution in [0.2, 0.25) is 0 Å². The lowest BCUT2D eigenvalue weighted by atomic mass is 9.95. The summed E-state index contributed by atoms with van der Waals surface area (Å²) in [6.45, 7) is 0. The molecular formula is C55H33N3OS. The molecule has 0 fully saturated rings. The summed E-state index contributed by atoms with van der Waals surface area (Å²) in [6, 6.07) is 70.4. The minimum atomic E-state index is 0.588. The van der Waals surface area contributed by atoms with E-state index in [4.69, 9.17) is 19.4 Å². The van der Waals surface area contributed by atoms with E-state index in [0.717, 1.165) is 55.1 Å². The first-order chi connectivity index (χ1) is 29.7. The highest BCUT2D eigenvalue weighted by Gasteiger charge is 2.18. The maximum absolute atomic E-state index is 6.29. The molecule has 280 valence electrons. The Hall–Kier alpha value is -7.73. The maximum Gasteiger partial charge on any atom is 0.164 e. The third-order valence-electron chi connectivity index (χ3n) is 11.6. The van der Waals surface area contributed by atoms with Crippen LogP contribution in [0.4, 0.5) is 0 Å². The number of fused-ring (bicyclic) bond motifs is 7. The molecule has 0 amide bonds. The van der Waals surface area contributed by atoms with Gasteiger partial charge in [0.05, 0.1) is 0 Å². The van der Waals surface area contributed by atoms with Crippen molar-refractivity contribution in [2.45, 2.75) is 0 Å². The number of para-hydroxylation sites is 1. The van der Waals surface area contributed by atoms with Crippen molar-refractivity contribution >= 4 is 64.2 Å². The Balaban J connectivity index is 0.989. The van der Waals surface area contributed by atoms with Gasteiger partial charge in [-0.05, 0) is 62.9 Å². The topological polar surface area (TPSA) is 51.8 Å². The molecule has 12 aromatic rings. The molecule has 3 heterocycles. The van der Waals surface area contributed by atoms with Crippen molar-refractivity contribution in [1.29, 1.82) is 0 Å². The summed E-state index contributed by atoms with van der Waals surface area (Å²) in [5.74, 6) is 1.81. The summed E-state index contributed by atoms with van der Waals surface area (Å²) < 4.78 is 8.89. The molecule has 0 aliphatic rings. The lowest BCUT2D eigenvalue weighted by Gasteiger charge is -2.12. The highest BCUT2D eigenvalue weighted by Crippen LogP contribution is 2.45. The SMILES string of the molecule is c1ccc(-c2ccc(-c3nc(-c4ccc5c(-c6cccc7c6sc6c(-c8ccccc8)cccc67)cccc5c4)nc(-c4ccc5c(c4)oc4ccccc45)n3)cc2)cc1. The van der Waals surface area contributed by atoms with E-state index in [1.54, 1.807) is 0 Å². The summed E-state index contributed by atoms with van der Waals surface area (Å²) in [5, 5.41) is 7.01. The fourth-order valence-corrected chi connectivity index (χ4v) is 9.97. The summed E-state index contributed by atoms with van der Waals surface area (Å²) >= 11 is 1.88.